The average molecular weight is 530 g/mol. The first-order chi connectivity index (χ1) is 17.6. The highest BCUT2D eigenvalue weighted by molar-refractivity contribution is 7.90. The van der Waals surface area contributed by atoms with Crippen LogP contribution in [0.3, 0.4) is 0 Å². The van der Waals surface area contributed by atoms with Crippen LogP contribution < -0.4 is 9.64 Å². The van der Waals surface area contributed by atoms with Crippen molar-refractivity contribution in [1.82, 2.24) is 29.5 Å². The van der Waals surface area contributed by atoms with Crippen molar-refractivity contribution >= 4 is 32.2 Å². The summed E-state index contributed by atoms with van der Waals surface area (Å²) in [6.07, 6.45) is 6.26. The number of nitrogens with zero attached hydrogens (tertiary/aromatic N) is 6. The molecule has 1 aliphatic heterocycles. The monoisotopic (exact) mass is 529 g/mol. The third kappa shape index (κ3) is 4.75. The molecule has 12 heteroatoms. The van der Waals surface area contributed by atoms with Crippen LogP contribution in [0.1, 0.15) is 32.3 Å². The Labute approximate surface area is 215 Å². The van der Waals surface area contributed by atoms with E-state index in [9.17, 15) is 8.42 Å². The van der Waals surface area contributed by atoms with Crippen LogP contribution in [0.2, 0.25) is 0 Å². The van der Waals surface area contributed by atoms with E-state index in [1.165, 1.54) is 12.6 Å². The van der Waals surface area contributed by atoms with Crippen molar-refractivity contribution < 1.29 is 17.5 Å². The predicted molar refractivity (Wildman–Crippen MR) is 142 cm³/mol. The molecule has 5 heterocycles. The van der Waals surface area contributed by atoms with E-state index in [-0.39, 0.29) is 23.5 Å². The lowest BCUT2D eigenvalue weighted by Crippen LogP contribution is -2.53. The second-order valence-electron chi connectivity index (χ2n) is 10.1. The van der Waals surface area contributed by atoms with Gasteiger partial charge in [0.2, 0.25) is 0 Å². The summed E-state index contributed by atoms with van der Waals surface area (Å²) in [5.41, 5.74) is 3.68. The largest absolute Gasteiger partial charge is 0.493 e. The average Bonchev–Trinajstić information content (AvgIpc) is 3.47. The number of rotatable bonds is 7. The zero-order valence-electron chi connectivity index (χ0n) is 21.7. The number of methoxy groups -OCH3 is 1. The van der Waals surface area contributed by atoms with E-state index in [1.807, 2.05) is 37.9 Å². The summed E-state index contributed by atoms with van der Waals surface area (Å²) in [5, 5.41) is 4.78. The van der Waals surface area contributed by atoms with E-state index >= 15 is 4.39 Å². The number of anilines is 1. The third-order valence-corrected chi connectivity index (χ3v) is 7.91. The standard InChI is InChI=1S/C25H32FN7O3S/c1-15(2)20-21-18(30-23(20)17-10-19(36-4)24-28-14-29-33(24)13-17)11-27-25(22(21)26)32-7-6-31(12-16(32)3)8-9-37(5,34)35/h10-11,13-16,30H,6-9,12H2,1-5H3. The number of sulfone groups is 1. The molecule has 0 aromatic carbocycles. The SMILES string of the molecule is COc1cc(-c2[nH]c3cnc(N4CCN(CCS(C)(=O)=O)CC4C)c(F)c3c2C(C)C)cn2ncnc12. The molecular formula is C25H32FN7O3S. The molecule has 1 saturated heterocycles. The van der Waals surface area contributed by atoms with Gasteiger partial charge in [0.1, 0.15) is 16.2 Å². The number of ether oxygens (including phenoxy) is 1. The Morgan fingerprint density at radius 3 is 2.73 bits per heavy atom. The highest BCUT2D eigenvalue weighted by Gasteiger charge is 2.30. The quantitative estimate of drug-likeness (QED) is 0.389. The Kier molecular flexibility index (Phi) is 6.57. The molecule has 1 atom stereocenters. The Morgan fingerprint density at radius 1 is 1.27 bits per heavy atom. The second kappa shape index (κ2) is 9.56. The van der Waals surface area contributed by atoms with E-state index in [1.54, 1.807) is 17.8 Å². The van der Waals surface area contributed by atoms with Crippen molar-refractivity contribution in [2.45, 2.75) is 32.7 Å². The first-order valence-corrected chi connectivity index (χ1v) is 14.4. The van der Waals surface area contributed by atoms with Crippen molar-refractivity contribution in [3.63, 3.8) is 0 Å². The Bertz CT molecular complexity index is 1560. The maximum Gasteiger partial charge on any atom is 0.197 e. The molecule has 0 bridgehead atoms. The molecule has 0 amide bonds. The van der Waals surface area contributed by atoms with Gasteiger partial charge in [0.05, 0.1) is 30.3 Å². The van der Waals surface area contributed by atoms with Gasteiger partial charge in [-0.05, 0) is 24.5 Å². The van der Waals surface area contributed by atoms with E-state index in [0.717, 1.165) is 16.8 Å². The number of pyridine rings is 2. The molecule has 1 aliphatic rings. The molecule has 1 unspecified atom stereocenters. The summed E-state index contributed by atoms with van der Waals surface area (Å²) >= 11 is 0. The Morgan fingerprint density at radius 2 is 2.05 bits per heavy atom. The van der Waals surface area contributed by atoms with E-state index in [4.69, 9.17) is 4.74 Å². The predicted octanol–water partition coefficient (Wildman–Crippen LogP) is 3.10. The summed E-state index contributed by atoms with van der Waals surface area (Å²) in [5.74, 6) is 0.683. The topological polar surface area (TPSA) is 109 Å². The fourth-order valence-electron chi connectivity index (χ4n) is 5.20. The lowest BCUT2D eigenvalue weighted by Gasteiger charge is -2.40. The molecule has 0 spiro atoms. The zero-order valence-corrected chi connectivity index (χ0v) is 22.5. The Hall–Kier alpha value is -3.25. The first-order valence-electron chi connectivity index (χ1n) is 12.3. The minimum absolute atomic E-state index is 0.0207. The van der Waals surface area contributed by atoms with Crippen LogP contribution in [0.25, 0.3) is 27.8 Å². The van der Waals surface area contributed by atoms with Crippen molar-refractivity contribution in [2.75, 3.05) is 50.2 Å². The summed E-state index contributed by atoms with van der Waals surface area (Å²) in [4.78, 5) is 16.2. The number of aromatic amines is 1. The van der Waals surface area contributed by atoms with Crippen LogP contribution in [0.15, 0.2) is 24.8 Å². The van der Waals surface area contributed by atoms with Gasteiger partial charge in [-0.2, -0.15) is 5.10 Å². The van der Waals surface area contributed by atoms with Crippen LogP contribution >= 0.6 is 0 Å². The molecule has 4 aromatic heterocycles. The number of hydrogen-bond acceptors (Lipinski definition) is 8. The number of hydrogen-bond donors (Lipinski definition) is 1. The summed E-state index contributed by atoms with van der Waals surface area (Å²) in [6.45, 7) is 8.43. The Balaban J connectivity index is 1.54. The summed E-state index contributed by atoms with van der Waals surface area (Å²) in [7, 11) is -1.45. The number of H-pyrrole nitrogens is 1. The van der Waals surface area contributed by atoms with Gasteiger partial charge in [-0.15, -0.1) is 0 Å². The fraction of sp³-hybridized carbons (Fsp3) is 0.480. The van der Waals surface area contributed by atoms with Gasteiger partial charge in [0.15, 0.2) is 23.0 Å². The van der Waals surface area contributed by atoms with Crippen molar-refractivity contribution in [3.05, 3.63) is 36.2 Å². The van der Waals surface area contributed by atoms with Gasteiger partial charge in [-0.3, -0.25) is 4.90 Å². The van der Waals surface area contributed by atoms with Crippen molar-refractivity contribution in [3.8, 4) is 17.0 Å². The molecule has 0 saturated carbocycles. The molecule has 1 fully saturated rings. The first kappa shape index (κ1) is 25.4. The van der Waals surface area contributed by atoms with E-state index in [0.29, 0.717) is 54.3 Å². The van der Waals surface area contributed by atoms with Crippen LogP contribution in [0.4, 0.5) is 10.2 Å². The molecule has 37 heavy (non-hydrogen) atoms. The van der Waals surface area contributed by atoms with Crippen molar-refractivity contribution in [1.29, 1.82) is 0 Å². The van der Waals surface area contributed by atoms with Gasteiger partial charge >= 0.3 is 0 Å². The lowest BCUT2D eigenvalue weighted by molar-refractivity contribution is 0.239. The number of fused-ring (bicyclic) bond motifs is 2. The minimum Gasteiger partial charge on any atom is -0.493 e. The van der Waals surface area contributed by atoms with E-state index in [2.05, 4.69) is 25.0 Å². The molecule has 5 rings (SSSR count). The van der Waals surface area contributed by atoms with Gasteiger partial charge in [0, 0.05) is 55.6 Å². The highest BCUT2D eigenvalue weighted by atomic mass is 32.2. The van der Waals surface area contributed by atoms with Gasteiger partial charge in [-0.25, -0.2) is 27.3 Å². The fourth-order valence-corrected chi connectivity index (χ4v) is 5.79. The molecule has 0 radical (unpaired) electrons. The van der Waals surface area contributed by atoms with Crippen LogP contribution in [0, 0.1) is 5.82 Å². The smallest absolute Gasteiger partial charge is 0.197 e. The maximum atomic E-state index is 16.3. The minimum atomic E-state index is -3.03. The number of nitrogens with one attached hydrogen (secondary N) is 1. The normalized spacial score (nSPS) is 17.4. The van der Waals surface area contributed by atoms with Gasteiger partial charge in [-0.1, -0.05) is 13.8 Å². The number of aromatic nitrogens is 5. The lowest BCUT2D eigenvalue weighted by atomic mass is 9.96. The van der Waals surface area contributed by atoms with Crippen LogP contribution in [-0.4, -0.2) is 89.2 Å². The molecule has 198 valence electrons. The molecule has 4 aromatic rings. The third-order valence-electron chi connectivity index (χ3n) is 6.99. The maximum absolute atomic E-state index is 16.3. The number of piperazine rings is 1. The van der Waals surface area contributed by atoms with E-state index < -0.39 is 9.84 Å². The van der Waals surface area contributed by atoms with Gasteiger partial charge < -0.3 is 14.6 Å². The molecular weight excluding hydrogens is 497 g/mol. The van der Waals surface area contributed by atoms with Crippen LogP contribution in [0.5, 0.6) is 5.75 Å². The van der Waals surface area contributed by atoms with Crippen LogP contribution in [-0.2, 0) is 9.84 Å². The van der Waals surface area contributed by atoms with Crippen molar-refractivity contribution in [2.24, 2.45) is 0 Å². The number of halogens is 1. The molecule has 10 nitrogen and oxygen atoms in total. The molecule has 1 N–H and O–H groups in total. The molecule has 0 aliphatic carbocycles. The van der Waals surface area contributed by atoms with Gasteiger partial charge in [0.25, 0.3) is 0 Å². The highest BCUT2D eigenvalue weighted by Crippen LogP contribution is 2.40. The summed E-state index contributed by atoms with van der Waals surface area (Å²) < 4.78 is 46.6. The zero-order chi connectivity index (χ0) is 26.5. The second-order valence-corrected chi connectivity index (χ2v) is 12.3. The summed E-state index contributed by atoms with van der Waals surface area (Å²) in [6, 6.07) is 1.86.